The molecule has 1 aliphatic heterocycles. The van der Waals surface area contributed by atoms with E-state index in [1.165, 1.54) is 0 Å². The normalized spacial score (nSPS) is 18.2. The van der Waals surface area contributed by atoms with Crippen molar-refractivity contribution < 1.29 is 13.9 Å². The van der Waals surface area contributed by atoms with Crippen LogP contribution < -0.4 is 4.90 Å². The number of nitrogens with zero attached hydrogens (tertiary/aromatic N) is 3. The van der Waals surface area contributed by atoms with Crippen LogP contribution in [-0.4, -0.2) is 34.3 Å². The SMILES string of the molecule is OC1CCN(c2ncnc(F)c2F)CC1. The predicted molar refractivity (Wildman–Crippen MR) is 49.4 cm³/mol. The number of aromatic nitrogens is 2. The van der Waals surface area contributed by atoms with Gasteiger partial charge in [0, 0.05) is 13.1 Å². The molecule has 1 fully saturated rings. The molecule has 0 bridgehead atoms. The van der Waals surface area contributed by atoms with Crippen molar-refractivity contribution in [1.82, 2.24) is 9.97 Å². The molecule has 0 unspecified atom stereocenters. The molecule has 0 amide bonds. The van der Waals surface area contributed by atoms with Crippen molar-refractivity contribution >= 4 is 5.82 Å². The Labute approximate surface area is 85.6 Å². The van der Waals surface area contributed by atoms with Crippen molar-refractivity contribution in [3.05, 3.63) is 18.1 Å². The third kappa shape index (κ3) is 2.04. The molecule has 2 heterocycles. The van der Waals surface area contributed by atoms with Gasteiger partial charge in [-0.1, -0.05) is 0 Å². The van der Waals surface area contributed by atoms with Crippen molar-refractivity contribution in [2.75, 3.05) is 18.0 Å². The largest absolute Gasteiger partial charge is 0.393 e. The van der Waals surface area contributed by atoms with Gasteiger partial charge in [0.1, 0.15) is 6.33 Å². The van der Waals surface area contributed by atoms with Crippen LogP contribution in [0, 0.1) is 11.8 Å². The molecule has 6 heteroatoms. The van der Waals surface area contributed by atoms with E-state index in [1.54, 1.807) is 4.90 Å². The molecule has 82 valence electrons. The van der Waals surface area contributed by atoms with Crippen LogP contribution in [0.4, 0.5) is 14.6 Å². The van der Waals surface area contributed by atoms with E-state index < -0.39 is 11.8 Å². The lowest BCUT2D eigenvalue weighted by atomic mass is 10.1. The highest BCUT2D eigenvalue weighted by atomic mass is 19.2. The van der Waals surface area contributed by atoms with Crippen molar-refractivity contribution in [3.8, 4) is 0 Å². The fourth-order valence-corrected chi connectivity index (χ4v) is 1.64. The van der Waals surface area contributed by atoms with Crippen molar-refractivity contribution in [2.45, 2.75) is 18.9 Å². The third-order valence-electron chi connectivity index (χ3n) is 2.49. The van der Waals surface area contributed by atoms with Gasteiger partial charge in [0.25, 0.3) is 5.95 Å². The Bertz CT molecular complexity index is 353. The quantitative estimate of drug-likeness (QED) is 0.701. The molecule has 1 N–H and O–H groups in total. The van der Waals surface area contributed by atoms with Gasteiger partial charge >= 0.3 is 0 Å². The Hall–Kier alpha value is -1.30. The van der Waals surface area contributed by atoms with Gasteiger partial charge in [-0.2, -0.15) is 8.78 Å². The Kier molecular flexibility index (Phi) is 2.77. The number of hydrogen-bond acceptors (Lipinski definition) is 4. The maximum atomic E-state index is 13.3. The first kappa shape index (κ1) is 10.2. The highest BCUT2D eigenvalue weighted by Crippen LogP contribution is 2.21. The summed E-state index contributed by atoms with van der Waals surface area (Å²) in [4.78, 5) is 8.44. The molecule has 0 spiro atoms. The van der Waals surface area contributed by atoms with Crippen LogP contribution in [0.1, 0.15) is 12.8 Å². The molecule has 0 saturated carbocycles. The highest BCUT2D eigenvalue weighted by Gasteiger charge is 2.22. The second kappa shape index (κ2) is 4.06. The lowest BCUT2D eigenvalue weighted by Crippen LogP contribution is -2.37. The van der Waals surface area contributed by atoms with Gasteiger partial charge in [-0.3, -0.25) is 0 Å². The average Bonchev–Trinajstić information content (AvgIpc) is 2.24. The Morgan fingerprint density at radius 2 is 1.93 bits per heavy atom. The molecule has 2 rings (SSSR count). The standard InChI is InChI=1S/C9H11F2N3O/c10-7-8(11)12-5-13-9(7)14-3-1-6(15)2-4-14/h5-6,15H,1-4H2. The van der Waals surface area contributed by atoms with Crippen molar-refractivity contribution in [1.29, 1.82) is 0 Å². The molecule has 1 saturated heterocycles. The van der Waals surface area contributed by atoms with Gasteiger partial charge in [-0.05, 0) is 12.8 Å². The molecule has 15 heavy (non-hydrogen) atoms. The van der Waals surface area contributed by atoms with Crippen molar-refractivity contribution in [3.63, 3.8) is 0 Å². The monoisotopic (exact) mass is 215 g/mol. The number of hydrogen-bond donors (Lipinski definition) is 1. The lowest BCUT2D eigenvalue weighted by molar-refractivity contribution is 0.145. The fourth-order valence-electron chi connectivity index (χ4n) is 1.64. The molecule has 4 nitrogen and oxygen atoms in total. The average molecular weight is 215 g/mol. The number of halogens is 2. The first-order chi connectivity index (χ1) is 7.18. The van der Waals surface area contributed by atoms with E-state index in [0.717, 1.165) is 6.33 Å². The summed E-state index contributed by atoms with van der Waals surface area (Å²) in [5.41, 5.74) is 0. The minimum atomic E-state index is -1.13. The van der Waals surface area contributed by atoms with Gasteiger partial charge in [0.15, 0.2) is 5.82 Å². The summed E-state index contributed by atoms with van der Waals surface area (Å²) < 4.78 is 26.1. The van der Waals surface area contributed by atoms with E-state index in [0.29, 0.717) is 25.9 Å². The smallest absolute Gasteiger partial charge is 0.254 e. The summed E-state index contributed by atoms with van der Waals surface area (Å²) >= 11 is 0. The molecule has 0 atom stereocenters. The molecular weight excluding hydrogens is 204 g/mol. The van der Waals surface area contributed by atoms with Crippen LogP contribution in [0.2, 0.25) is 0 Å². The zero-order valence-corrected chi connectivity index (χ0v) is 8.03. The third-order valence-corrected chi connectivity index (χ3v) is 2.49. The minimum absolute atomic E-state index is 0.0191. The maximum Gasteiger partial charge on any atom is 0.254 e. The number of piperidine rings is 1. The maximum absolute atomic E-state index is 13.3. The van der Waals surface area contributed by atoms with E-state index in [-0.39, 0.29) is 11.9 Å². The van der Waals surface area contributed by atoms with E-state index in [4.69, 9.17) is 0 Å². The van der Waals surface area contributed by atoms with Crippen LogP contribution in [0.15, 0.2) is 6.33 Å². The number of aliphatic hydroxyl groups excluding tert-OH is 1. The summed E-state index contributed by atoms with van der Waals surface area (Å²) in [6.45, 7) is 0.961. The highest BCUT2D eigenvalue weighted by molar-refractivity contribution is 5.39. The van der Waals surface area contributed by atoms with Crippen LogP contribution in [0.3, 0.4) is 0 Å². The lowest BCUT2D eigenvalue weighted by Gasteiger charge is -2.30. The fraction of sp³-hybridized carbons (Fsp3) is 0.556. The molecule has 1 aromatic heterocycles. The summed E-state index contributed by atoms with van der Waals surface area (Å²) in [5.74, 6) is -2.17. The molecule has 1 aromatic rings. The predicted octanol–water partition coefficient (Wildman–Crippen LogP) is 0.716. The Morgan fingerprint density at radius 3 is 2.60 bits per heavy atom. The first-order valence-electron chi connectivity index (χ1n) is 4.77. The zero-order chi connectivity index (χ0) is 10.8. The molecule has 1 aliphatic rings. The van der Waals surface area contributed by atoms with Crippen LogP contribution >= 0.6 is 0 Å². The first-order valence-corrected chi connectivity index (χ1v) is 4.77. The van der Waals surface area contributed by atoms with Crippen LogP contribution in [-0.2, 0) is 0 Å². The van der Waals surface area contributed by atoms with E-state index in [2.05, 4.69) is 9.97 Å². The van der Waals surface area contributed by atoms with Crippen molar-refractivity contribution in [2.24, 2.45) is 0 Å². The van der Waals surface area contributed by atoms with Crippen LogP contribution in [0.5, 0.6) is 0 Å². The van der Waals surface area contributed by atoms with E-state index in [1.807, 2.05) is 0 Å². The van der Waals surface area contributed by atoms with E-state index >= 15 is 0 Å². The van der Waals surface area contributed by atoms with Gasteiger partial charge in [0.2, 0.25) is 5.82 Å². The molecular formula is C9H11F2N3O. The summed E-state index contributed by atoms with van der Waals surface area (Å²) in [6, 6.07) is 0. The second-order valence-corrected chi connectivity index (χ2v) is 3.52. The Balaban J connectivity index is 2.19. The number of anilines is 1. The summed E-state index contributed by atoms with van der Waals surface area (Å²) in [5, 5.41) is 9.27. The zero-order valence-electron chi connectivity index (χ0n) is 8.03. The number of aliphatic hydroxyl groups is 1. The van der Waals surface area contributed by atoms with Gasteiger partial charge in [-0.25, -0.2) is 9.97 Å². The van der Waals surface area contributed by atoms with E-state index in [9.17, 15) is 13.9 Å². The van der Waals surface area contributed by atoms with Crippen LogP contribution in [0.25, 0.3) is 0 Å². The topological polar surface area (TPSA) is 49.2 Å². The summed E-state index contributed by atoms with van der Waals surface area (Å²) in [6.07, 6.45) is 1.74. The van der Waals surface area contributed by atoms with Gasteiger partial charge in [-0.15, -0.1) is 0 Å². The van der Waals surface area contributed by atoms with Gasteiger partial charge in [0.05, 0.1) is 6.10 Å². The summed E-state index contributed by atoms with van der Waals surface area (Å²) in [7, 11) is 0. The Morgan fingerprint density at radius 1 is 1.27 bits per heavy atom. The number of rotatable bonds is 1. The molecule has 0 aromatic carbocycles. The van der Waals surface area contributed by atoms with Gasteiger partial charge < -0.3 is 10.0 Å². The molecule has 0 radical (unpaired) electrons. The second-order valence-electron chi connectivity index (χ2n) is 3.52. The molecule has 0 aliphatic carbocycles. The minimum Gasteiger partial charge on any atom is -0.393 e.